The first-order valence-corrected chi connectivity index (χ1v) is 21.0. The number of nitrogens with zero attached hydrogens (tertiary/aromatic N) is 1. The summed E-state index contributed by atoms with van der Waals surface area (Å²) < 4.78 is 17.3. The molecule has 0 spiro atoms. The fraction of sp³-hybridized carbons (Fsp3) is 0.468. The zero-order chi connectivity index (χ0) is 45.7. The molecule has 15 nitrogen and oxygen atoms in total. The predicted octanol–water partition coefficient (Wildman–Crippen LogP) is 3.75. The molecule has 4 rings (SSSR count). The lowest BCUT2D eigenvalue weighted by atomic mass is 9.87. The number of esters is 1. The highest BCUT2D eigenvalue weighted by Crippen LogP contribution is 2.41. The third kappa shape index (κ3) is 12.9. The maximum Gasteiger partial charge on any atom is 0.309 e. The van der Waals surface area contributed by atoms with Crippen LogP contribution in [0.5, 0.6) is 11.5 Å². The molecule has 1 aliphatic rings. The van der Waals surface area contributed by atoms with E-state index in [9.17, 15) is 33.6 Å². The normalized spacial score (nSPS) is 17.5. The quantitative estimate of drug-likeness (QED) is 0.0994. The van der Waals surface area contributed by atoms with Crippen LogP contribution in [-0.4, -0.2) is 98.4 Å². The van der Waals surface area contributed by atoms with Gasteiger partial charge in [0.1, 0.15) is 37.4 Å². The Bertz CT molecular complexity index is 2140. The zero-order valence-electron chi connectivity index (χ0n) is 36.6. The number of rotatable bonds is 19. The number of nitrogens with one attached hydrogen (secondary N) is 1. The first-order chi connectivity index (χ1) is 29.5. The number of aryl methyl sites for hydroxylation is 2. The maximum absolute atomic E-state index is 14.7. The van der Waals surface area contributed by atoms with Crippen molar-refractivity contribution in [1.82, 2.24) is 10.2 Å². The number of fused-ring (bicyclic) bond motifs is 5. The van der Waals surface area contributed by atoms with Crippen LogP contribution in [0.2, 0.25) is 0 Å². The Morgan fingerprint density at radius 2 is 1.48 bits per heavy atom. The molecule has 15 heteroatoms. The largest absolute Gasteiger partial charge is 0.492 e. The van der Waals surface area contributed by atoms with Crippen LogP contribution in [0.4, 0.5) is 0 Å². The molecule has 3 aromatic rings. The van der Waals surface area contributed by atoms with Crippen molar-refractivity contribution in [3.63, 3.8) is 0 Å². The van der Waals surface area contributed by atoms with E-state index in [1.807, 2.05) is 26.0 Å². The van der Waals surface area contributed by atoms with Crippen molar-refractivity contribution in [1.29, 1.82) is 0 Å². The van der Waals surface area contributed by atoms with Crippen LogP contribution < -0.4 is 32.0 Å². The standard InChI is InChI=1S/C47H61N5O10/c1-27-7-10-35(28(2)19-27)39(54)25-34(13-14-48)46(58)52(6)44-33-9-12-43(61-18-16-50)37(24-33)36-22-32(8-11-42(36)60-17-15-49)23-38(51-45(57)29(3)20-41(44)56)40(55)21-30(4)47(59)62-26-31(5)53/h7-12,19,22,24,29-30,34,38,44H,13-18,20-21,23,25-26,48-50H2,1-6H3,(H,51,57)/t29-,30-,34-,38+,44+/m1/s1. The van der Waals surface area contributed by atoms with Crippen LogP contribution in [-0.2, 0) is 39.9 Å². The van der Waals surface area contributed by atoms with Gasteiger partial charge in [0.15, 0.2) is 23.1 Å². The number of ether oxygens (including phenoxy) is 3. The lowest BCUT2D eigenvalue weighted by Gasteiger charge is -2.32. The van der Waals surface area contributed by atoms with Gasteiger partial charge in [0, 0.05) is 67.9 Å². The highest BCUT2D eigenvalue weighted by molar-refractivity contribution is 6.01. The molecule has 1 aliphatic heterocycles. The summed E-state index contributed by atoms with van der Waals surface area (Å²) >= 11 is 0. The molecule has 0 fully saturated rings. The van der Waals surface area contributed by atoms with Crippen molar-refractivity contribution < 1.29 is 47.8 Å². The zero-order valence-corrected chi connectivity index (χ0v) is 36.6. The van der Waals surface area contributed by atoms with Crippen molar-refractivity contribution in [3.05, 3.63) is 82.4 Å². The average molecular weight is 856 g/mol. The Morgan fingerprint density at radius 1 is 0.839 bits per heavy atom. The number of hydrogen-bond donors (Lipinski definition) is 4. The third-order valence-electron chi connectivity index (χ3n) is 10.9. The molecule has 334 valence electrons. The number of hydrogen-bond acceptors (Lipinski definition) is 13. The highest BCUT2D eigenvalue weighted by Gasteiger charge is 2.36. The molecule has 0 radical (unpaired) electrons. The molecule has 62 heavy (non-hydrogen) atoms. The highest BCUT2D eigenvalue weighted by atomic mass is 16.5. The Hall–Kier alpha value is -5.77. The van der Waals surface area contributed by atoms with Gasteiger partial charge in [0.25, 0.3) is 0 Å². The van der Waals surface area contributed by atoms with Crippen LogP contribution in [0.1, 0.15) is 85.1 Å². The Kier molecular flexibility index (Phi) is 18.1. The summed E-state index contributed by atoms with van der Waals surface area (Å²) in [5.74, 6) is -5.30. The lowest BCUT2D eigenvalue weighted by molar-refractivity contribution is -0.152. The number of benzene rings is 3. The van der Waals surface area contributed by atoms with Gasteiger partial charge in [-0.15, -0.1) is 0 Å². The average Bonchev–Trinajstić information content (AvgIpc) is 3.23. The minimum Gasteiger partial charge on any atom is -0.492 e. The first-order valence-electron chi connectivity index (χ1n) is 21.0. The van der Waals surface area contributed by atoms with Gasteiger partial charge in [0.05, 0.1) is 12.0 Å². The maximum atomic E-state index is 14.7. The monoisotopic (exact) mass is 855 g/mol. The molecule has 4 bridgehead atoms. The fourth-order valence-electron chi connectivity index (χ4n) is 7.59. The summed E-state index contributed by atoms with van der Waals surface area (Å²) in [5.41, 5.74) is 22.0. The van der Waals surface area contributed by atoms with Crippen molar-refractivity contribution in [2.45, 2.75) is 78.8 Å². The number of nitrogens with two attached hydrogens (primary N) is 3. The molecular weight excluding hydrogens is 795 g/mol. The second-order valence-corrected chi connectivity index (χ2v) is 16.2. The van der Waals surface area contributed by atoms with Crippen LogP contribution in [0, 0.1) is 31.6 Å². The smallest absolute Gasteiger partial charge is 0.309 e. The van der Waals surface area contributed by atoms with Crippen LogP contribution >= 0.6 is 0 Å². The van der Waals surface area contributed by atoms with Gasteiger partial charge in [-0.05, 0) is 81.1 Å². The summed E-state index contributed by atoms with van der Waals surface area (Å²) in [4.78, 5) is 96.2. The van der Waals surface area contributed by atoms with E-state index in [4.69, 9.17) is 31.4 Å². The minimum absolute atomic E-state index is 0.00648. The molecule has 0 aliphatic carbocycles. The molecule has 2 amide bonds. The van der Waals surface area contributed by atoms with E-state index in [2.05, 4.69) is 5.32 Å². The van der Waals surface area contributed by atoms with E-state index in [0.717, 1.165) is 11.1 Å². The number of amides is 2. The van der Waals surface area contributed by atoms with Gasteiger partial charge < -0.3 is 41.6 Å². The minimum atomic E-state index is -1.24. The SMILES string of the molecule is CC(=O)COC(=O)[C@H](C)CC(=O)[C@@H]1Cc2ccc(OCCN)c(c2)-c2cc(ccc2OCCN)[C@H](N(C)C(=O)[C@H](CCN)CC(=O)c2ccc(C)cc2C)C(=O)C[C@@H](C)C(=O)N1. The Labute approximate surface area is 363 Å². The van der Waals surface area contributed by atoms with Crippen LogP contribution in [0.3, 0.4) is 0 Å². The molecule has 0 aromatic heterocycles. The van der Waals surface area contributed by atoms with Crippen molar-refractivity contribution in [2.24, 2.45) is 35.0 Å². The molecule has 5 atom stereocenters. The third-order valence-corrected chi connectivity index (χ3v) is 10.9. The van der Waals surface area contributed by atoms with Crippen LogP contribution in [0.15, 0.2) is 54.6 Å². The summed E-state index contributed by atoms with van der Waals surface area (Å²) in [7, 11) is 1.50. The number of Topliss-reactive ketones (excluding diaryl/α,β-unsaturated/α-hetero) is 4. The number of likely N-dealkylation sites (N-methyl/N-ethyl adjacent to an activating group) is 1. The summed E-state index contributed by atoms with van der Waals surface area (Å²) in [6, 6.07) is 13.4. The van der Waals surface area contributed by atoms with E-state index in [1.165, 1.54) is 25.8 Å². The van der Waals surface area contributed by atoms with E-state index >= 15 is 0 Å². The predicted molar refractivity (Wildman–Crippen MR) is 233 cm³/mol. The van der Waals surface area contributed by atoms with Crippen molar-refractivity contribution in [2.75, 3.05) is 46.5 Å². The van der Waals surface area contributed by atoms with Gasteiger partial charge in [-0.3, -0.25) is 33.6 Å². The summed E-state index contributed by atoms with van der Waals surface area (Å²) in [6.45, 7) is 8.47. The molecule has 0 saturated carbocycles. The van der Waals surface area contributed by atoms with Gasteiger partial charge in [-0.25, -0.2) is 0 Å². The molecule has 0 saturated heterocycles. The Morgan fingerprint density at radius 3 is 2.10 bits per heavy atom. The second kappa shape index (κ2) is 22.9. The van der Waals surface area contributed by atoms with Gasteiger partial charge >= 0.3 is 5.97 Å². The van der Waals surface area contributed by atoms with Gasteiger partial charge in [-0.2, -0.15) is 0 Å². The van der Waals surface area contributed by atoms with E-state index in [1.54, 1.807) is 49.4 Å². The van der Waals surface area contributed by atoms with Crippen molar-refractivity contribution >= 4 is 40.9 Å². The first kappa shape index (κ1) is 48.9. The molecule has 0 unspecified atom stereocenters. The van der Waals surface area contributed by atoms with Gasteiger partial charge in [0.2, 0.25) is 11.8 Å². The topological polar surface area (TPSA) is 241 Å². The summed E-state index contributed by atoms with van der Waals surface area (Å²) in [6.07, 6.45) is -0.592. The molecule has 7 N–H and O–H groups in total. The molecular formula is C47H61N5O10. The van der Waals surface area contributed by atoms with E-state index in [-0.39, 0.29) is 76.5 Å². The Balaban J connectivity index is 1.85. The van der Waals surface area contributed by atoms with E-state index in [0.29, 0.717) is 39.3 Å². The lowest BCUT2D eigenvalue weighted by Crippen LogP contribution is -2.46. The number of ketones is 4. The molecule has 3 aromatic carbocycles. The summed E-state index contributed by atoms with van der Waals surface area (Å²) in [5, 5.41) is 2.82. The number of carbonyl (C=O) groups excluding carboxylic acids is 7. The van der Waals surface area contributed by atoms with Gasteiger partial charge in [-0.1, -0.05) is 49.7 Å². The van der Waals surface area contributed by atoms with E-state index < -0.39 is 65.8 Å². The van der Waals surface area contributed by atoms with Crippen LogP contribution in [0.25, 0.3) is 11.1 Å². The second-order valence-electron chi connectivity index (χ2n) is 16.2. The van der Waals surface area contributed by atoms with Crippen molar-refractivity contribution in [3.8, 4) is 22.6 Å². The fourth-order valence-corrected chi connectivity index (χ4v) is 7.59. The molecule has 1 heterocycles. The number of carbonyl (C=O) groups is 7.